The van der Waals surface area contributed by atoms with Gasteiger partial charge in [-0.3, -0.25) is 4.79 Å². The second-order valence-corrected chi connectivity index (χ2v) is 5.15. The first-order valence-corrected chi connectivity index (χ1v) is 7.02. The van der Waals surface area contributed by atoms with Crippen LogP contribution in [0.15, 0.2) is 4.47 Å². The van der Waals surface area contributed by atoms with Crippen LogP contribution in [-0.4, -0.2) is 17.5 Å². The minimum absolute atomic E-state index is 0.216. The van der Waals surface area contributed by atoms with Crippen molar-refractivity contribution in [3.8, 4) is 18.2 Å². The van der Waals surface area contributed by atoms with E-state index in [1.54, 1.807) is 7.11 Å². The summed E-state index contributed by atoms with van der Waals surface area (Å²) < 4.78 is 15.0. The van der Waals surface area contributed by atoms with Crippen LogP contribution in [0.2, 0.25) is 0 Å². The van der Waals surface area contributed by atoms with Crippen molar-refractivity contribution in [2.45, 2.75) is 32.3 Å². The van der Waals surface area contributed by atoms with E-state index in [1.165, 1.54) is 11.5 Å². The second kappa shape index (κ2) is 8.11. The summed E-state index contributed by atoms with van der Waals surface area (Å²) in [4.78, 5) is 12.3. The third kappa shape index (κ3) is 4.67. The number of hydrogen-bond donors (Lipinski definition) is 0. The molecule has 0 radical (unpaired) electrons. The van der Waals surface area contributed by atoms with Crippen LogP contribution < -0.4 is 4.74 Å². The molecule has 1 aromatic rings. The van der Waals surface area contributed by atoms with E-state index in [4.69, 9.17) is 15.9 Å². The minimum atomic E-state index is -0.216. The standard InChI is InChI=1S/C12H14BrNO3S/c1-3-4-5-6-7-10(15)17-8-9-11(13)12(16-2)14-18-9/h1H,4-8H2,2H3. The van der Waals surface area contributed by atoms with Gasteiger partial charge in [-0.2, -0.15) is 4.37 Å². The summed E-state index contributed by atoms with van der Waals surface area (Å²) in [6.07, 6.45) is 7.83. The van der Waals surface area contributed by atoms with Crippen LogP contribution in [0, 0.1) is 12.3 Å². The van der Waals surface area contributed by atoms with Gasteiger partial charge in [-0.1, -0.05) is 0 Å². The van der Waals surface area contributed by atoms with Crippen LogP contribution in [0.4, 0.5) is 0 Å². The van der Waals surface area contributed by atoms with Crippen molar-refractivity contribution in [1.29, 1.82) is 0 Å². The molecule has 0 amide bonds. The number of rotatable bonds is 7. The molecule has 0 aliphatic carbocycles. The summed E-state index contributed by atoms with van der Waals surface area (Å²) >= 11 is 4.59. The van der Waals surface area contributed by atoms with Gasteiger partial charge in [0, 0.05) is 12.8 Å². The molecule has 18 heavy (non-hydrogen) atoms. The average Bonchev–Trinajstić information content (AvgIpc) is 2.73. The van der Waals surface area contributed by atoms with E-state index in [0.29, 0.717) is 18.7 Å². The van der Waals surface area contributed by atoms with Gasteiger partial charge in [-0.25, -0.2) is 0 Å². The van der Waals surface area contributed by atoms with Crippen molar-refractivity contribution in [3.63, 3.8) is 0 Å². The van der Waals surface area contributed by atoms with E-state index in [0.717, 1.165) is 22.2 Å². The molecule has 4 nitrogen and oxygen atoms in total. The summed E-state index contributed by atoms with van der Waals surface area (Å²) in [6, 6.07) is 0. The Hall–Kier alpha value is -1.06. The number of methoxy groups -OCH3 is 1. The van der Waals surface area contributed by atoms with Crippen LogP contribution in [0.25, 0.3) is 0 Å². The first kappa shape index (κ1) is 15.0. The smallest absolute Gasteiger partial charge is 0.306 e. The molecule has 0 aliphatic heterocycles. The van der Waals surface area contributed by atoms with E-state index < -0.39 is 0 Å². The van der Waals surface area contributed by atoms with Gasteiger partial charge in [-0.05, 0) is 40.3 Å². The Balaban J connectivity index is 2.29. The number of carbonyl (C=O) groups excluding carboxylic acids is 1. The van der Waals surface area contributed by atoms with E-state index in [2.05, 4.69) is 26.2 Å². The summed E-state index contributed by atoms with van der Waals surface area (Å²) in [7, 11) is 1.54. The average molecular weight is 332 g/mol. The maximum absolute atomic E-state index is 11.4. The highest BCUT2D eigenvalue weighted by Crippen LogP contribution is 2.31. The van der Waals surface area contributed by atoms with Gasteiger partial charge in [0.05, 0.1) is 16.5 Å². The molecule has 0 saturated heterocycles. The van der Waals surface area contributed by atoms with Crippen molar-refractivity contribution in [2.24, 2.45) is 0 Å². The molecule has 0 saturated carbocycles. The third-order valence-electron chi connectivity index (χ3n) is 2.18. The van der Waals surface area contributed by atoms with Crippen LogP contribution in [0.1, 0.15) is 30.6 Å². The minimum Gasteiger partial charge on any atom is -0.480 e. The lowest BCUT2D eigenvalue weighted by atomic mass is 10.2. The lowest BCUT2D eigenvalue weighted by Crippen LogP contribution is -2.03. The monoisotopic (exact) mass is 331 g/mol. The van der Waals surface area contributed by atoms with Crippen LogP contribution in [-0.2, 0) is 16.1 Å². The van der Waals surface area contributed by atoms with Gasteiger partial charge >= 0.3 is 5.97 Å². The first-order valence-electron chi connectivity index (χ1n) is 5.46. The van der Waals surface area contributed by atoms with Gasteiger partial charge in [0.25, 0.3) is 0 Å². The number of halogens is 1. The molecule has 6 heteroatoms. The largest absolute Gasteiger partial charge is 0.480 e. The number of hydrogen-bond acceptors (Lipinski definition) is 5. The van der Waals surface area contributed by atoms with Crippen molar-refractivity contribution in [2.75, 3.05) is 7.11 Å². The molecule has 98 valence electrons. The molecule has 1 rings (SSSR count). The molecule has 0 atom stereocenters. The second-order valence-electron chi connectivity index (χ2n) is 3.50. The van der Waals surface area contributed by atoms with Crippen LogP contribution in [0.3, 0.4) is 0 Å². The zero-order valence-corrected chi connectivity index (χ0v) is 12.5. The highest BCUT2D eigenvalue weighted by atomic mass is 79.9. The number of esters is 1. The third-order valence-corrected chi connectivity index (χ3v) is 4.06. The van der Waals surface area contributed by atoms with Crippen LogP contribution in [0.5, 0.6) is 5.88 Å². The molecular weight excluding hydrogens is 318 g/mol. The van der Waals surface area contributed by atoms with Gasteiger partial charge in [0.15, 0.2) is 0 Å². The van der Waals surface area contributed by atoms with Crippen LogP contribution >= 0.6 is 27.5 Å². The molecule has 1 aromatic heterocycles. The zero-order valence-electron chi connectivity index (χ0n) is 10.1. The molecule has 0 unspecified atom stereocenters. The van der Waals surface area contributed by atoms with E-state index in [-0.39, 0.29) is 12.6 Å². The van der Waals surface area contributed by atoms with Gasteiger partial charge < -0.3 is 9.47 Å². The molecule has 0 fully saturated rings. The number of carbonyl (C=O) groups is 1. The summed E-state index contributed by atoms with van der Waals surface area (Å²) in [5.74, 6) is 2.83. The van der Waals surface area contributed by atoms with Crippen molar-refractivity contribution < 1.29 is 14.3 Å². The van der Waals surface area contributed by atoms with E-state index >= 15 is 0 Å². The first-order chi connectivity index (χ1) is 8.69. The predicted octanol–water partition coefficient (Wildman–Crippen LogP) is 3.15. The molecule has 0 aliphatic rings. The summed E-state index contributed by atoms with van der Waals surface area (Å²) in [5, 5.41) is 0. The fourth-order valence-electron chi connectivity index (χ4n) is 1.23. The van der Waals surface area contributed by atoms with Gasteiger partial charge in [0.2, 0.25) is 5.88 Å². The SMILES string of the molecule is C#CCCCCC(=O)OCc1snc(OC)c1Br. The molecular formula is C12H14BrNO3S. The molecule has 0 bridgehead atoms. The molecule has 0 aromatic carbocycles. The fourth-order valence-corrected chi connectivity index (χ4v) is 2.56. The van der Waals surface area contributed by atoms with E-state index in [1.807, 2.05) is 0 Å². The Morgan fingerprint density at radius 2 is 2.33 bits per heavy atom. The lowest BCUT2D eigenvalue weighted by molar-refractivity contribution is -0.145. The summed E-state index contributed by atoms with van der Waals surface area (Å²) in [5.41, 5.74) is 0. The predicted molar refractivity (Wildman–Crippen MR) is 73.5 cm³/mol. The fraction of sp³-hybridized carbons (Fsp3) is 0.500. The Kier molecular flexibility index (Phi) is 6.76. The van der Waals surface area contributed by atoms with Crippen molar-refractivity contribution in [3.05, 3.63) is 9.35 Å². The van der Waals surface area contributed by atoms with Gasteiger partial charge in [-0.15, -0.1) is 12.3 Å². The van der Waals surface area contributed by atoms with Gasteiger partial charge in [0.1, 0.15) is 6.61 Å². The molecule has 0 spiro atoms. The topological polar surface area (TPSA) is 48.4 Å². The number of aromatic nitrogens is 1. The maximum atomic E-state index is 11.4. The molecule has 1 heterocycles. The lowest BCUT2D eigenvalue weighted by Gasteiger charge is -2.03. The molecule has 0 N–H and O–H groups in total. The normalized spacial score (nSPS) is 9.83. The number of terminal acetylenes is 1. The van der Waals surface area contributed by atoms with Crippen molar-refractivity contribution >= 4 is 33.4 Å². The number of nitrogens with zero attached hydrogens (tertiary/aromatic N) is 1. The number of ether oxygens (including phenoxy) is 2. The Morgan fingerprint density at radius 1 is 1.56 bits per heavy atom. The quantitative estimate of drug-likeness (QED) is 0.437. The van der Waals surface area contributed by atoms with E-state index in [9.17, 15) is 4.79 Å². The summed E-state index contributed by atoms with van der Waals surface area (Å²) in [6.45, 7) is 0.218. The highest BCUT2D eigenvalue weighted by molar-refractivity contribution is 9.10. The van der Waals surface area contributed by atoms with Crippen molar-refractivity contribution in [1.82, 2.24) is 4.37 Å². The Bertz CT molecular complexity index is 439. The Morgan fingerprint density at radius 3 is 2.94 bits per heavy atom. The maximum Gasteiger partial charge on any atom is 0.306 e. The zero-order chi connectivity index (χ0) is 13.4. The highest BCUT2D eigenvalue weighted by Gasteiger charge is 2.13. The Labute approximate surface area is 119 Å². The number of unbranched alkanes of at least 4 members (excludes halogenated alkanes) is 2.